The first-order valence-corrected chi connectivity index (χ1v) is 11.4. The summed E-state index contributed by atoms with van der Waals surface area (Å²) in [4.78, 5) is 15.7. The Bertz CT molecular complexity index is 1080. The van der Waals surface area contributed by atoms with Crippen LogP contribution >= 0.6 is 0 Å². The molecule has 1 amide bonds. The monoisotopic (exact) mass is 434 g/mol. The number of aryl methyl sites for hydroxylation is 1. The van der Waals surface area contributed by atoms with Crippen LogP contribution in [-0.2, 0) is 17.8 Å². The smallest absolute Gasteiger partial charge is 0.272 e. The highest BCUT2D eigenvalue weighted by atomic mass is 16.5. The molecule has 1 N–H and O–H groups in total. The minimum absolute atomic E-state index is 0.0824. The third-order valence-electron chi connectivity index (χ3n) is 6.70. The maximum Gasteiger partial charge on any atom is 0.272 e. The lowest BCUT2D eigenvalue weighted by Gasteiger charge is -2.48. The Morgan fingerprint density at radius 2 is 1.84 bits per heavy atom. The van der Waals surface area contributed by atoms with E-state index in [1.807, 2.05) is 48.0 Å². The van der Waals surface area contributed by atoms with Crippen LogP contribution in [0, 0.1) is 0 Å². The van der Waals surface area contributed by atoms with Gasteiger partial charge in [0.1, 0.15) is 5.75 Å². The van der Waals surface area contributed by atoms with Gasteiger partial charge in [0.05, 0.1) is 25.8 Å². The van der Waals surface area contributed by atoms with Gasteiger partial charge < -0.3 is 14.8 Å². The molecule has 2 aliphatic rings. The number of amides is 1. The number of nitrogens with zero attached hydrogens (tertiary/aromatic N) is 3. The number of benzene rings is 2. The fraction of sp³-hybridized carbons (Fsp3) is 0.440. The molecule has 3 aromatic rings. The lowest BCUT2D eigenvalue weighted by molar-refractivity contribution is -0.0843. The van der Waals surface area contributed by atoms with Crippen molar-refractivity contribution in [2.75, 3.05) is 20.3 Å². The minimum Gasteiger partial charge on any atom is -0.497 e. The molecule has 2 saturated heterocycles. The largest absolute Gasteiger partial charge is 0.497 e. The van der Waals surface area contributed by atoms with Crippen LogP contribution in [0.5, 0.6) is 5.75 Å². The lowest BCUT2D eigenvalue weighted by atomic mass is 9.89. The molecule has 0 aliphatic carbocycles. The van der Waals surface area contributed by atoms with Crippen LogP contribution < -0.4 is 10.1 Å². The van der Waals surface area contributed by atoms with Gasteiger partial charge in [-0.15, -0.1) is 0 Å². The molecule has 2 fully saturated rings. The molecule has 5 rings (SSSR count). The Balaban J connectivity index is 1.28. The highest BCUT2D eigenvalue weighted by Gasteiger charge is 2.39. The second-order valence-electron chi connectivity index (χ2n) is 8.69. The lowest BCUT2D eigenvalue weighted by Crippen LogP contribution is -2.60. The first kappa shape index (κ1) is 21.0. The topological polar surface area (TPSA) is 68.6 Å². The standard InChI is InChI=1S/C25H30N4O3/c1-3-29-23-7-5-4-6-22(23)24(27-29)25(30)26-18-12-19-15-32-16-20(13-18)28(19)14-17-8-10-21(31-2)11-9-17/h4-11,18-20H,3,12-16H2,1-2H3,(H,26,30)/t18?,19-,20+. The SMILES string of the molecule is CCn1nc(C(=O)NC2C[C@H]3COC[C@@H](C2)N3Cc2ccc(OC)cc2)c2ccccc21. The average Bonchev–Trinajstić information content (AvgIpc) is 3.19. The number of para-hydroxylation sites is 1. The summed E-state index contributed by atoms with van der Waals surface area (Å²) in [6, 6.07) is 16.9. The van der Waals surface area contributed by atoms with Crippen molar-refractivity contribution in [2.24, 2.45) is 0 Å². The number of hydrogen-bond acceptors (Lipinski definition) is 5. The van der Waals surface area contributed by atoms with Gasteiger partial charge in [-0.2, -0.15) is 5.10 Å². The van der Waals surface area contributed by atoms with E-state index in [0.29, 0.717) is 31.0 Å². The molecule has 7 nitrogen and oxygen atoms in total. The molecule has 7 heteroatoms. The van der Waals surface area contributed by atoms with Gasteiger partial charge >= 0.3 is 0 Å². The van der Waals surface area contributed by atoms with Crippen LogP contribution in [0.1, 0.15) is 35.8 Å². The van der Waals surface area contributed by atoms with Crippen molar-refractivity contribution < 1.29 is 14.3 Å². The van der Waals surface area contributed by atoms with Crippen molar-refractivity contribution in [3.8, 4) is 5.75 Å². The van der Waals surface area contributed by atoms with E-state index >= 15 is 0 Å². The maximum absolute atomic E-state index is 13.2. The molecule has 32 heavy (non-hydrogen) atoms. The zero-order valence-corrected chi connectivity index (χ0v) is 18.7. The van der Waals surface area contributed by atoms with Gasteiger partial charge in [0, 0.05) is 36.6 Å². The fourth-order valence-electron chi connectivity index (χ4n) is 5.10. The molecule has 1 aromatic heterocycles. The first-order chi connectivity index (χ1) is 15.7. The second-order valence-corrected chi connectivity index (χ2v) is 8.69. The highest BCUT2D eigenvalue weighted by molar-refractivity contribution is 6.05. The van der Waals surface area contributed by atoms with Crippen molar-refractivity contribution in [1.82, 2.24) is 20.0 Å². The number of nitrogens with one attached hydrogen (secondary N) is 1. The normalized spacial score (nSPS) is 23.2. The van der Waals surface area contributed by atoms with Crippen LogP contribution in [0.2, 0.25) is 0 Å². The molecule has 168 valence electrons. The van der Waals surface area contributed by atoms with Crippen molar-refractivity contribution in [1.29, 1.82) is 0 Å². The summed E-state index contributed by atoms with van der Waals surface area (Å²) in [5, 5.41) is 8.78. The summed E-state index contributed by atoms with van der Waals surface area (Å²) in [6.07, 6.45) is 1.76. The third-order valence-corrected chi connectivity index (χ3v) is 6.70. The van der Waals surface area contributed by atoms with Gasteiger partial charge in [0.15, 0.2) is 5.69 Å². The zero-order chi connectivity index (χ0) is 22.1. The number of carbonyl (C=O) groups is 1. The molecule has 3 atom stereocenters. The number of carbonyl (C=O) groups excluding carboxylic acids is 1. The summed E-state index contributed by atoms with van der Waals surface area (Å²) in [7, 11) is 1.69. The molecule has 0 spiro atoms. The molecule has 0 radical (unpaired) electrons. The summed E-state index contributed by atoms with van der Waals surface area (Å²) >= 11 is 0. The number of fused-ring (bicyclic) bond motifs is 3. The number of piperidine rings is 1. The molecule has 3 heterocycles. The molecule has 2 aromatic carbocycles. The number of rotatable bonds is 6. The second kappa shape index (κ2) is 8.92. The van der Waals surface area contributed by atoms with Crippen LogP contribution in [0.4, 0.5) is 0 Å². The fourth-order valence-corrected chi connectivity index (χ4v) is 5.10. The Hall–Kier alpha value is -2.90. The highest BCUT2D eigenvalue weighted by Crippen LogP contribution is 2.30. The van der Waals surface area contributed by atoms with Crippen LogP contribution in [0.3, 0.4) is 0 Å². The third kappa shape index (κ3) is 3.98. The van der Waals surface area contributed by atoms with Crippen LogP contribution in [0.15, 0.2) is 48.5 Å². The number of morpholine rings is 1. The van der Waals surface area contributed by atoms with Gasteiger partial charge in [-0.05, 0) is 43.5 Å². The van der Waals surface area contributed by atoms with Gasteiger partial charge in [-0.3, -0.25) is 14.4 Å². The van der Waals surface area contributed by atoms with Crippen molar-refractivity contribution in [2.45, 2.75) is 51.0 Å². The maximum atomic E-state index is 13.2. The van der Waals surface area contributed by atoms with E-state index in [1.165, 1.54) is 5.56 Å². The Morgan fingerprint density at radius 1 is 1.12 bits per heavy atom. The zero-order valence-electron chi connectivity index (χ0n) is 18.7. The molecule has 1 unspecified atom stereocenters. The Labute approximate surface area is 188 Å². The van der Waals surface area contributed by atoms with Crippen LogP contribution in [-0.4, -0.2) is 59.0 Å². The van der Waals surface area contributed by atoms with E-state index in [2.05, 4.69) is 27.4 Å². The Kier molecular flexibility index (Phi) is 5.85. The molecule has 2 bridgehead atoms. The summed E-state index contributed by atoms with van der Waals surface area (Å²) in [5.74, 6) is 0.790. The predicted octanol–water partition coefficient (Wildman–Crippen LogP) is 3.23. The number of ether oxygens (including phenoxy) is 2. The number of hydrogen-bond donors (Lipinski definition) is 1. The summed E-state index contributed by atoms with van der Waals surface area (Å²) in [6.45, 7) is 5.06. The van der Waals surface area contributed by atoms with Gasteiger partial charge in [0.2, 0.25) is 0 Å². The molecule has 0 saturated carbocycles. The summed E-state index contributed by atoms with van der Waals surface area (Å²) in [5.41, 5.74) is 2.78. The first-order valence-electron chi connectivity index (χ1n) is 11.4. The van der Waals surface area contributed by atoms with Crippen molar-refractivity contribution >= 4 is 16.8 Å². The van der Waals surface area contributed by atoms with Gasteiger partial charge in [-0.25, -0.2) is 0 Å². The quantitative estimate of drug-likeness (QED) is 0.645. The molecular weight excluding hydrogens is 404 g/mol. The van der Waals surface area contributed by atoms with E-state index in [4.69, 9.17) is 9.47 Å². The van der Waals surface area contributed by atoms with E-state index in [9.17, 15) is 4.79 Å². The van der Waals surface area contributed by atoms with E-state index in [-0.39, 0.29) is 11.9 Å². The Morgan fingerprint density at radius 3 is 2.53 bits per heavy atom. The number of methoxy groups -OCH3 is 1. The predicted molar refractivity (Wildman–Crippen MR) is 123 cm³/mol. The minimum atomic E-state index is -0.0824. The van der Waals surface area contributed by atoms with Gasteiger partial charge in [-0.1, -0.05) is 30.3 Å². The van der Waals surface area contributed by atoms with E-state index < -0.39 is 0 Å². The van der Waals surface area contributed by atoms with Crippen molar-refractivity contribution in [3.63, 3.8) is 0 Å². The average molecular weight is 435 g/mol. The van der Waals surface area contributed by atoms with Crippen molar-refractivity contribution in [3.05, 3.63) is 59.8 Å². The summed E-state index contributed by atoms with van der Waals surface area (Å²) < 4.78 is 13.0. The van der Waals surface area contributed by atoms with Crippen LogP contribution in [0.25, 0.3) is 10.9 Å². The molecular formula is C25H30N4O3. The van der Waals surface area contributed by atoms with E-state index in [1.54, 1.807) is 7.11 Å². The van der Waals surface area contributed by atoms with Gasteiger partial charge in [0.25, 0.3) is 5.91 Å². The number of aromatic nitrogens is 2. The molecule has 2 aliphatic heterocycles. The van der Waals surface area contributed by atoms with E-state index in [0.717, 1.165) is 42.6 Å².